The minimum Gasteiger partial charge on any atom is -0.496 e. The molecule has 1 aliphatic rings. The highest BCUT2D eigenvalue weighted by atomic mass is 35.5. The van der Waals surface area contributed by atoms with Crippen LogP contribution in [0.25, 0.3) is 11.4 Å². The number of carbonyl (C=O) groups excluding carboxylic acids is 1. The van der Waals surface area contributed by atoms with Crippen LogP contribution in [0.3, 0.4) is 0 Å². The average molecular weight is 395 g/mol. The first-order valence-electron chi connectivity index (χ1n) is 8.63. The lowest BCUT2D eigenvalue weighted by Crippen LogP contribution is -2.43. The number of aromatic amines is 1. The molecule has 140 valence electrons. The molecule has 0 bridgehead atoms. The average Bonchev–Trinajstić information content (AvgIpc) is 3.07. The second kappa shape index (κ2) is 8.31. The highest BCUT2D eigenvalue weighted by Crippen LogP contribution is 2.31. The molecule has 1 fully saturated rings. The second-order valence-electron chi connectivity index (χ2n) is 6.84. The van der Waals surface area contributed by atoms with Crippen molar-refractivity contribution >= 4 is 29.3 Å². The number of nitrogens with zero attached hydrogens (tertiary/aromatic N) is 3. The quantitative estimate of drug-likeness (QED) is 0.782. The lowest BCUT2D eigenvalue weighted by atomic mass is 9.92. The third-order valence-electron chi connectivity index (χ3n) is 4.43. The summed E-state index contributed by atoms with van der Waals surface area (Å²) in [6.07, 6.45) is 1.18. The Morgan fingerprint density at radius 2 is 2.12 bits per heavy atom. The number of hydrogen-bond donors (Lipinski definition) is 1. The van der Waals surface area contributed by atoms with Crippen LogP contribution in [0, 0.1) is 11.8 Å². The van der Waals surface area contributed by atoms with Crippen LogP contribution in [0.5, 0.6) is 5.75 Å². The summed E-state index contributed by atoms with van der Waals surface area (Å²) in [7, 11) is 1.60. The third kappa shape index (κ3) is 4.51. The maximum absolute atomic E-state index is 12.5. The van der Waals surface area contributed by atoms with E-state index >= 15 is 0 Å². The van der Waals surface area contributed by atoms with Crippen molar-refractivity contribution in [2.45, 2.75) is 25.4 Å². The van der Waals surface area contributed by atoms with Gasteiger partial charge in [0.15, 0.2) is 5.82 Å². The molecule has 1 N–H and O–H groups in total. The fraction of sp³-hybridized carbons (Fsp3) is 0.500. The van der Waals surface area contributed by atoms with Gasteiger partial charge < -0.3 is 9.64 Å². The smallest absolute Gasteiger partial charge is 0.233 e. The number of halogens is 1. The molecule has 1 amide bonds. The Morgan fingerprint density at radius 3 is 2.81 bits per heavy atom. The van der Waals surface area contributed by atoms with Crippen molar-refractivity contribution < 1.29 is 9.53 Å². The van der Waals surface area contributed by atoms with Crippen molar-refractivity contribution in [2.75, 3.05) is 26.0 Å². The van der Waals surface area contributed by atoms with Gasteiger partial charge in [-0.3, -0.25) is 9.89 Å². The zero-order valence-corrected chi connectivity index (χ0v) is 16.7. The van der Waals surface area contributed by atoms with Crippen LogP contribution in [0.2, 0.25) is 5.02 Å². The molecular weight excluding hydrogens is 372 g/mol. The van der Waals surface area contributed by atoms with E-state index in [1.165, 1.54) is 18.2 Å². The predicted molar refractivity (Wildman–Crippen MR) is 104 cm³/mol. The molecule has 0 radical (unpaired) electrons. The Kier molecular flexibility index (Phi) is 6.09. The van der Waals surface area contributed by atoms with E-state index in [0.717, 1.165) is 18.7 Å². The Balaban J connectivity index is 1.64. The summed E-state index contributed by atoms with van der Waals surface area (Å²) in [6.45, 7) is 6.07. The van der Waals surface area contributed by atoms with Gasteiger partial charge in [-0.1, -0.05) is 37.2 Å². The molecule has 8 heteroatoms. The fourth-order valence-corrected chi connectivity index (χ4v) is 4.25. The van der Waals surface area contributed by atoms with Gasteiger partial charge in [0.1, 0.15) is 5.75 Å². The molecular formula is C18H23ClN4O2S. The number of hydrogen-bond acceptors (Lipinski definition) is 5. The van der Waals surface area contributed by atoms with Gasteiger partial charge in [0, 0.05) is 18.1 Å². The van der Waals surface area contributed by atoms with E-state index in [0.29, 0.717) is 39.3 Å². The van der Waals surface area contributed by atoms with Gasteiger partial charge >= 0.3 is 0 Å². The van der Waals surface area contributed by atoms with Crippen LogP contribution >= 0.6 is 23.4 Å². The summed E-state index contributed by atoms with van der Waals surface area (Å²) in [5.74, 6) is 2.81. The van der Waals surface area contributed by atoms with Crippen molar-refractivity contribution in [3.8, 4) is 17.1 Å². The van der Waals surface area contributed by atoms with Gasteiger partial charge in [0.2, 0.25) is 11.1 Å². The Morgan fingerprint density at radius 1 is 1.38 bits per heavy atom. The van der Waals surface area contributed by atoms with E-state index < -0.39 is 0 Å². The van der Waals surface area contributed by atoms with E-state index in [2.05, 4.69) is 29.0 Å². The normalized spacial score (nSPS) is 20.2. The molecule has 26 heavy (non-hydrogen) atoms. The third-order valence-corrected chi connectivity index (χ3v) is 5.50. The predicted octanol–water partition coefficient (Wildman–Crippen LogP) is 3.73. The first kappa shape index (κ1) is 19.0. The van der Waals surface area contributed by atoms with Gasteiger partial charge in [0.25, 0.3) is 0 Å². The van der Waals surface area contributed by atoms with Crippen LogP contribution in [0.15, 0.2) is 23.4 Å². The van der Waals surface area contributed by atoms with Crippen LogP contribution in [-0.4, -0.2) is 51.9 Å². The van der Waals surface area contributed by atoms with Crippen LogP contribution < -0.4 is 4.74 Å². The summed E-state index contributed by atoms with van der Waals surface area (Å²) >= 11 is 7.41. The van der Waals surface area contributed by atoms with E-state index in [-0.39, 0.29) is 5.91 Å². The first-order chi connectivity index (χ1) is 12.5. The number of thioether (sulfide) groups is 1. The largest absolute Gasteiger partial charge is 0.496 e. The summed E-state index contributed by atoms with van der Waals surface area (Å²) in [5.41, 5.74) is 0.740. The van der Waals surface area contributed by atoms with Crippen LogP contribution in [0.1, 0.15) is 20.3 Å². The molecule has 3 rings (SSSR count). The van der Waals surface area contributed by atoms with Gasteiger partial charge in [-0.15, -0.1) is 5.10 Å². The van der Waals surface area contributed by atoms with Crippen molar-refractivity contribution in [1.29, 1.82) is 0 Å². The van der Waals surface area contributed by atoms with Crippen molar-refractivity contribution in [2.24, 2.45) is 11.8 Å². The molecule has 0 spiro atoms. The number of carbonyl (C=O) groups is 1. The number of piperidine rings is 1. The topological polar surface area (TPSA) is 71.1 Å². The maximum Gasteiger partial charge on any atom is 0.233 e. The SMILES string of the molecule is COc1ccc(Cl)cc1-c1nc(SCC(=O)N2C[C@@H](C)C[C@H](C)C2)n[nH]1. The summed E-state index contributed by atoms with van der Waals surface area (Å²) in [5, 5.41) is 8.23. The Hall–Kier alpha value is -1.73. The number of rotatable bonds is 5. The highest BCUT2D eigenvalue weighted by Gasteiger charge is 2.25. The molecule has 6 nitrogen and oxygen atoms in total. The lowest BCUT2D eigenvalue weighted by molar-refractivity contribution is -0.130. The molecule has 2 atom stereocenters. The number of benzene rings is 1. The van der Waals surface area contributed by atoms with Gasteiger partial charge in [-0.05, 0) is 36.5 Å². The minimum absolute atomic E-state index is 0.139. The molecule has 0 aliphatic carbocycles. The fourth-order valence-electron chi connectivity index (χ4n) is 3.38. The number of methoxy groups -OCH3 is 1. The summed E-state index contributed by atoms with van der Waals surface area (Å²) < 4.78 is 5.35. The molecule has 1 aliphatic heterocycles. The molecule has 0 saturated carbocycles. The minimum atomic E-state index is 0.139. The Labute approximate surface area is 162 Å². The molecule has 1 saturated heterocycles. The Bertz CT molecular complexity index is 772. The summed E-state index contributed by atoms with van der Waals surface area (Å²) in [6, 6.07) is 5.32. The number of likely N-dealkylation sites (tertiary alicyclic amines) is 1. The number of amides is 1. The van der Waals surface area contributed by atoms with E-state index in [1.54, 1.807) is 25.3 Å². The standard InChI is InChI=1S/C18H23ClN4O2S/c1-11-6-12(2)9-23(8-11)16(24)10-26-18-20-17(21-22-18)14-7-13(19)4-5-15(14)25-3/h4-5,7,11-12H,6,8-10H2,1-3H3,(H,20,21,22)/t11-,12-/m0/s1. The number of ether oxygens (including phenoxy) is 1. The van der Waals surface area contributed by atoms with Gasteiger partial charge in [0.05, 0.1) is 18.4 Å². The van der Waals surface area contributed by atoms with E-state index in [4.69, 9.17) is 16.3 Å². The lowest BCUT2D eigenvalue weighted by Gasteiger charge is -2.34. The van der Waals surface area contributed by atoms with Gasteiger partial charge in [-0.2, -0.15) is 0 Å². The monoisotopic (exact) mass is 394 g/mol. The van der Waals surface area contributed by atoms with Crippen LogP contribution in [0.4, 0.5) is 0 Å². The van der Waals surface area contributed by atoms with Crippen molar-refractivity contribution in [3.63, 3.8) is 0 Å². The van der Waals surface area contributed by atoms with E-state index in [1.807, 2.05) is 4.90 Å². The van der Waals surface area contributed by atoms with Crippen molar-refractivity contribution in [3.05, 3.63) is 23.2 Å². The maximum atomic E-state index is 12.5. The zero-order valence-electron chi connectivity index (χ0n) is 15.2. The molecule has 2 heterocycles. The number of nitrogens with one attached hydrogen (secondary N) is 1. The highest BCUT2D eigenvalue weighted by molar-refractivity contribution is 7.99. The molecule has 1 aromatic heterocycles. The van der Waals surface area contributed by atoms with Crippen LogP contribution in [-0.2, 0) is 4.79 Å². The molecule has 1 aromatic carbocycles. The number of H-pyrrole nitrogens is 1. The molecule has 2 aromatic rings. The summed E-state index contributed by atoms with van der Waals surface area (Å²) in [4.78, 5) is 18.9. The second-order valence-corrected chi connectivity index (χ2v) is 8.22. The number of aromatic nitrogens is 3. The van der Waals surface area contributed by atoms with Gasteiger partial charge in [-0.25, -0.2) is 4.98 Å². The van der Waals surface area contributed by atoms with Crippen molar-refractivity contribution in [1.82, 2.24) is 20.1 Å². The zero-order chi connectivity index (χ0) is 18.7. The molecule has 0 unspecified atom stereocenters. The first-order valence-corrected chi connectivity index (χ1v) is 9.99. The van der Waals surface area contributed by atoms with E-state index in [9.17, 15) is 4.79 Å².